The molecule has 0 amide bonds. The predicted octanol–water partition coefficient (Wildman–Crippen LogP) is 3.68. The van der Waals surface area contributed by atoms with E-state index in [1.807, 2.05) is 30.3 Å². The highest BCUT2D eigenvalue weighted by Gasteiger charge is 2.22. The van der Waals surface area contributed by atoms with Crippen molar-refractivity contribution in [3.8, 4) is 17.1 Å². The van der Waals surface area contributed by atoms with Gasteiger partial charge < -0.3 is 19.9 Å². The van der Waals surface area contributed by atoms with E-state index in [2.05, 4.69) is 31.8 Å². The van der Waals surface area contributed by atoms with Crippen LogP contribution in [0.4, 0.5) is 0 Å². The van der Waals surface area contributed by atoms with Crippen molar-refractivity contribution in [3.63, 3.8) is 0 Å². The summed E-state index contributed by atoms with van der Waals surface area (Å²) in [5, 5.41) is 11.1. The van der Waals surface area contributed by atoms with Gasteiger partial charge in [0.25, 0.3) is 0 Å². The van der Waals surface area contributed by atoms with Crippen LogP contribution < -0.4 is 15.4 Å². The highest BCUT2D eigenvalue weighted by atomic mass is 127. The van der Waals surface area contributed by atoms with Crippen molar-refractivity contribution in [3.05, 3.63) is 65.0 Å². The first-order valence-electron chi connectivity index (χ1n) is 8.99. The fourth-order valence-electron chi connectivity index (χ4n) is 3.00. The van der Waals surface area contributed by atoms with Gasteiger partial charge in [-0.15, -0.1) is 24.0 Å². The van der Waals surface area contributed by atoms with Crippen molar-refractivity contribution >= 4 is 41.5 Å². The summed E-state index contributed by atoms with van der Waals surface area (Å²) in [7, 11) is 1.71. The largest absolute Gasteiger partial charge is 0.488 e. The van der Waals surface area contributed by atoms with E-state index < -0.39 is 0 Å². The van der Waals surface area contributed by atoms with Gasteiger partial charge in [-0.1, -0.05) is 35.0 Å². The lowest BCUT2D eigenvalue weighted by Gasteiger charge is -2.14. The molecule has 0 radical (unpaired) electrons. The number of halogens is 2. The van der Waals surface area contributed by atoms with Crippen molar-refractivity contribution in [1.29, 1.82) is 0 Å². The molecule has 0 saturated carbocycles. The Morgan fingerprint density at radius 1 is 1.17 bits per heavy atom. The molecule has 3 aromatic rings. The number of aliphatic imine (C=N–C) groups is 1. The maximum atomic E-state index is 5.93. The minimum absolute atomic E-state index is 0. The van der Waals surface area contributed by atoms with Crippen LogP contribution in [0.2, 0.25) is 5.02 Å². The zero-order valence-corrected chi connectivity index (χ0v) is 18.8. The molecule has 1 unspecified atom stereocenters. The Hall–Kier alpha value is -2.33. The normalized spacial score (nSPS) is 15.2. The first-order chi connectivity index (χ1) is 13.7. The molecule has 0 spiro atoms. The molecule has 152 valence electrons. The number of fused-ring (bicyclic) bond motifs is 1. The van der Waals surface area contributed by atoms with Crippen LogP contribution in [0.25, 0.3) is 11.4 Å². The molecule has 29 heavy (non-hydrogen) atoms. The molecule has 1 aliphatic heterocycles. The number of ether oxygens (including phenoxy) is 1. The van der Waals surface area contributed by atoms with Crippen molar-refractivity contribution in [2.75, 3.05) is 13.6 Å². The van der Waals surface area contributed by atoms with Gasteiger partial charge in [-0.25, -0.2) is 0 Å². The second-order valence-electron chi connectivity index (χ2n) is 6.38. The number of guanidine groups is 1. The van der Waals surface area contributed by atoms with E-state index in [1.165, 1.54) is 5.56 Å². The quantitative estimate of drug-likeness (QED) is 0.300. The molecule has 7 nitrogen and oxygen atoms in total. The Morgan fingerprint density at radius 3 is 2.72 bits per heavy atom. The lowest BCUT2D eigenvalue weighted by atomic mass is 10.1. The Bertz CT molecular complexity index is 952. The molecule has 2 N–H and O–H groups in total. The van der Waals surface area contributed by atoms with Crippen LogP contribution in [0.15, 0.2) is 58.0 Å². The van der Waals surface area contributed by atoms with Crippen LogP contribution in [0, 0.1) is 0 Å². The average molecular weight is 526 g/mol. The van der Waals surface area contributed by atoms with Crippen molar-refractivity contribution in [1.82, 2.24) is 20.8 Å². The topological polar surface area (TPSA) is 84.6 Å². The predicted molar refractivity (Wildman–Crippen MR) is 123 cm³/mol. The molecule has 1 atom stereocenters. The van der Waals surface area contributed by atoms with Gasteiger partial charge in [0.15, 0.2) is 5.96 Å². The first kappa shape index (κ1) is 21.4. The third-order valence-electron chi connectivity index (χ3n) is 4.41. The molecule has 0 fully saturated rings. The third kappa shape index (κ3) is 5.39. The molecule has 4 rings (SSSR count). The number of aromatic nitrogens is 2. The minimum Gasteiger partial charge on any atom is -0.488 e. The summed E-state index contributed by atoms with van der Waals surface area (Å²) < 4.78 is 11.2. The standard InChI is InChI=1S/C20H20ClN5O2.HI/c1-22-20(23-11-16-10-14-4-2-3-5-17(14)27-16)24-12-18-25-19(26-28-18)13-6-8-15(21)9-7-13;/h2-9,16H,10-12H2,1H3,(H2,22,23,24);1H. The van der Waals surface area contributed by atoms with Gasteiger partial charge in [-0.05, 0) is 35.9 Å². The van der Waals surface area contributed by atoms with Crippen LogP contribution in [-0.2, 0) is 13.0 Å². The highest BCUT2D eigenvalue weighted by Crippen LogP contribution is 2.27. The molecule has 1 aromatic heterocycles. The summed E-state index contributed by atoms with van der Waals surface area (Å²) in [5.41, 5.74) is 2.08. The number of para-hydroxylation sites is 1. The number of benzene rings is 2. The number of rotatable bonds is 5. The Kier molecular flexibility index (Phi) is 7.32. The van der Waals surface area contributed by atoms with Crippen molar-refractivity contribution < 1.29 is 9.26 Å². The Balaban J connectivity index is 0.00000240. The maximum Gasteiger partial charge on any atom is 0.246 e. The van der Waals surface area contributed by atoms with Crippen LogP contribution >= 0.6 is 35.6 Å². The van der Waals surface area contributed by atoms with E-state index in [0.29, 0.717) is 35.8 Å². The fraction of sp³-hybridized carbons (Fsp3) is 0.250. The molecule has 0 saturated heterocycles. The highest BCUT2D eigenvalue weighted by molar-refractivity contribution is 14.0. The second-order valence-corrected chi connectivity index (χ2v) is 6.81. The minimum atomic E-state index is 0. The van der Waals surface area contributed by atoms with Gasteiger partial charge in [0.1, 0.15) is 11.9 Å². The van der Waals surface area contributed by atoms with E-state index in [0.717, 1.165) is 17.7 Å². The lowest BCUT2D eigenvalue weighted by Crippen LogP contribution is -2.42. The summed E-state index contributed by atoms with van der Waals surface area (Å²) in [4.78, 5) is 8.61. The van der Waals surface area contributed by atoms with Crippen LogP contribution in [0.1, 0.15) is 11.5 Å². The first-order valence-corrected chi connectivity index (χ1v) is 9.36. The Labute approximate surface area is 190 Å². The van der Waals surface area contributed by atoms with Crippen molar-refractivity contribution in [2.24, 2.45) is 4.99 Å². The monoisotopic (exact) mass is 525 g/mol. The zero-order chi connectivity index (χ0) is 19.3. The summed E-state index contributed by atoms with van der Waals surface area (Å²) in [6.45, 7) is 1.01. The van der Waals surface area contributed by atoms with E-state index in [9.17, 15) is 0 Å². The van der Waals surface area contributed by atoms with Crippen LogP contribution in [0.3, 0.4) is 0 Å². The van der Waals surface area contributed by atoms with Crippen LogP contribution in [-0.4, -0.2) is 35.8 Å². The number of nitrogens with zero attached hydrogens (tertiary/aromatic N) is 3. The van der Waals surface area contributed by atoms with Gasteiger partial charge in [-0.3, -0.25) is 4.99 Å². The number of hydrogen-bond acceptors (Lipinski definition) is 5. The molecule has 1 aliphatic rings. The number of nitrogens with one attached hydrogen (secondary N) is 2. The van der Waals surface area contributed by atoms with Gasteiger partial charge in [0.2, 0.25) is 11.7 Å². The smallest absolute Gasteiger partial charge is 0.246 e. The third-order valence-corrected chi connectivity index (χ3v) is 4.66. The van der Waals surface area contributed by atoms with Crippen molar-refractivity contribution in [2.45, 2.75) is 19.1 Å². The van der Waals surface area contributed by atoms with Gasteiger partial charge in [0.05, 0.1) is 13.1 Å². The molecule has 9 heteroatoms. The molecule has 0 aliphatic carbocycles. The fourth-order valence-corrected chi connectivity index (χ4v) is 3.13. The van der Waals surface area contributed by atoms with E-state index in [4.69, 9.17) is 20.9 Å². The average Bonchev–Trinajstić information content (AvgIpc) is 3.35. The van der Waals surface area contributed by atoms with Gasteiger partial charge >= 0.3 is 0 Å². The van der Waals surface area contributed by atoms with Gasteiger partial charge in [-0.2, -0.15) is 4.98 Å². The van der Waals surface area contributed by atoms with E-state index in [-0.39, 0.29) is 30.1 Å². The SMILES string of the molecule is CN=C(NCc1nc(-c2ccc(Cl)cc2)no1)NCC1Cc2ccccc2O1.I. The van der Waals surface area contributed by atoms with Crippen LogP contribution in [0.5, 0.6) is 5.75 Å². The summed E-state index contributed by atoms with van der Waals surface area (Å²) >= 11 is 5.90. The second kappa shape index (κ2) is 9.93. The van der Waals surface area contributed by atoms with Gasteiger partial charge in [0, 0.05) is 24.1 Å². The molecule has 2 heterocycles. The maximum absolute atomic E-state index is 5.93. The summed E-state index contributed by atoms with van der Waals surface area (Å²) in [6.07, 6.45) is 0.963. The lowest BCUT2D eigenvalue weighted by molar-refractivity contribution is 0.235. The Morgan fingerprint density at radius 2 is 1.97 bits per heavy atom. The number of hydrogen-bond donors (Lipinski definition) is 2. The molecule has 0 bridgehead atoms. The molecular weight excluding hydrogens is 505 g/mol. The molecule has 2 aromatic carbocycles. The van der Waals surface area contributed by atoms with E-state index >= 15 is 0 Å². The summed E-state index contributed by atoms with van der Waals surface area (Å²) in [6, 6.07) is 15.4. The zero-order valence-electron chi connectivity index (χ0n) is 15.8. The van der Waals surface area contributed by atoms with E-state index in [1.54, 1.807) is 19.2 Å². The summed E-state index contributed by atoms with van der Waals surface area (Å²) in [5.74, 6) is 2.59. The molecular formula is C20H21ClIN5O2.